The molecule has 2 aromatic heterocycles. The summed E-state index contributed by atoms with van der Waals surface area (Å²) in [6, 6.07) is 3.95. The van der Waals surface area contributed by atoms with Gasteiger partial charge in [-0.05, 0) is 17.4 Å². The maximum absolute atomic E-state index is 13.1. The van der Waals surface area contributed by atoms with Crippen LogP contribution in [0.1, 0.15) is 59.4 Å². The summed E-state index contributed by atoms with van der Waals surface area (Å²) in [6.45, 7) is 7.20. The van der Waals surface area contributed by atoms with E-state index in [9.17, 15) is 14.4 Å². The Morgan fingerprint density at radius 1 is 1.15 bits per heavy atom. The number of nitrogens with one attached hydrogen (secondary N) is 1. The summed E-state index contributed by atoms with van der Waals surface area (Å²) in [5.41, 5.74) is 2.24. The number of thiophene rings is 1. The van der Waals surface area contributed by atoms with Crippen molar-refractivity contribution in [3.05, 3.63) is 39.3 Å². The van der Waals surface area contributed by atoms with Gasteiger partial charge in [-0.1, -0.05) is 19.9 Å². The van der Waals surface area contributed by atoms with E-state index in [1.807, 2.05) is 24.6 Å². The molecule has 0 bridgehead atoms. The second kappa shape index (κ2) is 10.7. The van der Waals surface area contributed by atoms with Crippen LogP contribution in [0.4, 0.5) is 0 Å². The largest absolute Gasteiger partial charge is 0.378 e. The van der Waals surface area contributed by atoms with Gasteiger partial charge in [-0.15, -0.1) is 11.3 Å². The number of carbonyl (C=O) groups excluding carboxylic acids is 3. The second-order valence-electron chi connectivity index (χ2n) is 9.17. The summed E-state index contributed by atoms with van der Waals surface area (Å²) in [6.07, 6.45) is 0.924. The molecule has 4 heterocycles. The Hall–Kier alpha value is -2.72. The number of nitrogens with zero attached hydrogens (tertiary/aromatic N) is 4. The summed E-state index contributed by atoms with van der Waals surface area (Å²) in [4.78, 5) is 43.3. The number of carbonyl (C=O) groups is 3. The van der Waals surface area contributed by atoms with Crippen molar-refractivity contribution in [2.45, 2.75) is 45.7 Å². The Morgan fingerprint density at radius 3 is 2.59 bits per heavy atom. The smallest absolute Gasteiger partial charge is 0.274 e. The van der Waals surface area contributed by atoms with E-state index in [1.165, 1.54) is 0 Å². The van der Waals surface area contributed by atoms with Crippen molar-refractivity contribution in [1.29, 1.82) is 0 Å². The first-order chi connectivity index (χ1) is 16.3. The van der Waals surface area contributed by atoms with Crippen LogP contribution in [-0.4, -0.2) is 70.1 Å². The van der Waals surface area contributed by atoms with E-state index in [2.05, 4.69) is 24.3 Å². The molecular formula is C24H33N5O4S. The van der Waals surface area contributed by atoms with Crippen LogP contribution in [0.15, 0.2) is 17.5 Å². The van der Waals surface area contributed by atoms with Crippen LogP contribution in [0.2, 0.25) is 0 Å². The summed E-state index contributed by atoms with van der Waals surface area (Å²) in [5.74, 6) is -0.0525. The van der Waals surface area contributed by atoms with Crippen molar-refractivity contribution in [1.82, 2.24) is 24.9 Å². The van der Waals surface area contributed by atoms with E-state index in [0.717, 1.165) is 16.1 Å². The number of aromatic nitrogens is 2. The van der Waals surface area contributed by atoms with Gasteiger partial charge in [0, 0.05) is 68.6 Å². The number of hydrogen-bond donors (Lipinski definition) is 1. The zero-order valence-corrected chi connectivity index (χ0v) is 20.9. The highest BCUT2D eigenvalue weighted by Crippen LogP contribution is 2.27. The molecule has 9 nitrogen and oxygen atoms in total. The minimum atomic E-state index is -0.122. The summed E-state index contributed by atoms with van der Waals surface area (Å²) < 4.78 is 7.11. The Kier molecular flexibility index (Phi) is 7.67. The standard InChI is InChI=1S/C24H33N5O4S/c1-16(2)22(19-5-4-14-34-19)25-20(30)6-7-21(31)29-9-8-18-17(15-29)23(26-27(18)3)24(32)28-10-12-33-13-11-28/h4-5,14,16,22H,6-13,15H2,1-3H3,(H,25,30)/t22-/m1/s1. The molecule has 1 atom stereocenters. The molecule has 4 rings (SSSR count). The average Bonchev–Trinajstić information content (AvgIpc) is 3.49. The predicted octanol–water partition coefficient (Wildman–Crippen LogP) is 2.13. The van der Waals surface area contributed by atoms with Gasteiger partial charge < -0.3 is 19.9 Å². The minimum Gasteiger partial charge on any atom is -0.378 e. The molecule has 2 aromatic rings. The van der Waals surface area contributed by atoms with Crippen molar-refractivity contribution < 1.29 is 19.1 Å². The van der Waals surface area contributed by atoms with Crippen molar-refractivity contribution in [3.8, 4) is 0 Å². The zero-order chi connectivity index (χ0) is 24.2. The first kappa shape index (κ1) is 24.4. The molecule has 0 radical (unpaired) electrons. The number of fused-ring (bicyclic) bond motifs is 1. The highest BCUT2D eigenvalue weighted by atomic mass is 32.1. The van der Waals surface area contributed by atoms with E-state index >= 15 is 0 Å². The molecule has 0 spiro atoms. The SMILES string of the molecule is CC(C)[C@@H](NC(=O)CCC(=O)N1CCc2c(c(C(=O)N3CCOCC3)nn2C)C1)c1cccs1. The average molecular weight is 488 g/mol. The van der Waals surface area contributed by atoms with Crippen molar-refractivity contribution in [2.24, 2.45) is 13.0 Å². The molecule has 2 aliphatic heterocycles. The van der Waals surface area contributed by atoms with Gasteiger partial charge in [-0.3, -0.25) is 19.1 Å². The third-order valence-electron chi connectivity index (χ3n) is 6.49. The molecule has 1 fully saturated rings. The van der Waals surface area contributed by atoms with Gasteiger partial charge in [0.1, 0.15) is 0 Å². The number of amides is 3. The number of ether oxygens (including phenoxy) is 1. The molecular weight excluding hydrogens is 454 g/mol. The lowest BCUT2D eigenvalue weighted by Crippen LogP contribution is -2.42. The molecule has 1 N–H and O–H groups in total. The quantitative estimate of drug-likeness (QED) is 0.645. The number of aryl methyl sites for hydroxylation is 1. The van der Waals surface area contributed by atoms with Crippen molar-refractivity contribution in [3.63, 3.8) is 0 Å². The highest BCUT2D eigenvalue weighted by molar-refractivity contribution is 7.10. The molecule has 0 saturated carbocycles. The fraction of sp³-hybridized carbons (Fsp3) is 0.583. The van der Waals surface area contributed by atoms with Gasteiger partial charge >= 0.3 is 0 Å². The monoisotopic (exact) mass is 487 g/mol. The lowest BCUT2D eigenvalue weighted by Gasteiger charge is -2.29. The third-order valence-corrected chi connectivity index (χ3v) is 7.45. The Morgan fingerprint density at radius 2 is 1.91 bits per heavy atom. The summed E-state index contributed by atoms with van der Waals surface area (Å²) in [7, 11) is 1.84. The van der Waals surface area contributed by atoms with E-state index in [-0.39, 0.29) is 42.5 Å². The van der Waals surface area contributed by atoms with Gasteiger partial charge in [0.25, 0.3) is 5.91 Å². The molecule has 184 valence electrons. The lowest BCUT2D eigenvalue weighted by molar-refractivity contribution is -0.134. The number of morpholine rings is 1. The Balaban J connectivity index is 1.36. The maximum atomic E-state index is 13.1. The minimum absolute atomic E-state index is 0.0516. The lowest BCUT2D eigenvalue weighted by atomic mass is 10.0. The summed E-state index contributed by atoms with van der Waals surface area (Å²) in [5, 5.41) is 9.58. The molecule has 0 aliphatic carbocycles. The normalized spacial score (nSPS) is 16.9. The first-order valence-electron chi connectivity index (χ1n) is 11.9. The van der Waals surface area contributed by atoms with Gasteiger partial charge in [-0.25, -0.2) is 0 Å². The van der Waals surface area contributed by atoms with Crippen LogP contribution in [0.3, 0.4) is 0 Å². The first-order valence-corrected chi connectivity index (χ1v) is 12.8. The van der Waals surface area contributed by atoms with Crippen LogP contribution >= 0.6 is 11.3 Å². The van der Waals surface area contributed by atoms with Gasteiger partial charge in [-0.2, -0.15) is 5.10 Å². The molecule has 2 aliphatic rings. The molecule has 10 heteroatoms. The molecule has 0 unspecified atom stereocenters. The van der Waals surface area contributed by atoms with E-state index in [1.54, 1.807) is 25.8 Å². The maximum Gasteiger partial charge on any atom is 0.274 e. The Labute approximate surface area is 204 Å². The van der Waals surface area contributed by atoms with Gasteiger partial charge in [0.15, 0.2) is 5.69 Å². The number of hydrogen-bond acceptors (Lipinski definition) is 6. The fourth-order valence-electron chi connectivity index (χ4n) is 4.55. The molecule has 34 heavy (non-hydrogen) atoms. The topological polar surface area (TPSA) is 96.8 Å². The number of rotatable bonds is 7. The second-order valence-corrected chi connectivity index (χ2v) is 10.2. The van der Waals surface area contributed by atoms with Gasteiger partial charge in [0.2, 0.25) is 11.8 Å². The van der Waals surface area contributed by atoms with Crippen LogP contribution in [0.5, 0.6) is 0 Å². The third kappa shape index (κ3) is 5.33. The van der Waals surface area contributed by atoms with E-state index < -0.39 is 0 Å². The highest BCUT2D eigenvalue weighted by Gasteiger charge is 2.32. The van der Waals surface area contributed by atoms with Crippen LogP contribution in [0.25, 0.3) is 0 Å². The molecule has 0 aromatic carbocycles. The summed E-state index contributed by atoms with van der Waals surface area (Å²) >= 11 is 1.62. The van der Waals surface area contributed by atoms with Crippen LogP contribution in [-0.2, 0) is 34.3 Å². The van der Waals surface area contributed by atoms with Crippen molar-refractivity contribution >= 4 is 29.1 Å². The van der Waals surface area contributed by atoms with Crippen molar-refractivity contribution in [2.75, 3.05) is 32.8 Å². The predicted molar refractivity (Wildman–Crippen MR) is 128 cm³/mol. The molecule has 3 amide bonds. The Bertz CT molecular complexity index is 1030. The van der Waals surface area contributed by atoms with E-state index in [0.29, 0.717) is 51.5 Å². The zero-order valence-electron chi connectivity index (χ0n) is 20.1. The van der Waals surface area contributed by atoms with Crippen LogP contribution < -0.4 is 5.32 Å². The van der Waals surface area contributed by atoms with Gasteiger partial charge in [0.05, 0.1) is 19.3 Å². The van der Waals surface area contributed by atoms with E-state index in [4.69, 9.17) is 4.74 Å². The van der Waals surface area contributed by atoms with Crippen LogP contribution in [0, 0.1) is 5.92 Å². The molecule has 1 saturated heterocycles. The fourth-order valence-corrected chi connectivity index (χ4v) is 5.50.